The lowest BCUT2D eigenvalue weighted by molar-refractivity contribution is 0.952. The highest BCUT2D eigenvalue weighted by atomic mass is 15.2. The minimum Gasteiger partial charge on any atom is -0.308 e. The first-order chi connectivity index (χ1) is 17.3. The van der Waals surface area contributed by atoms with Crippen molar-refractivity contribution in [3.8, 4) is 22.3 Å². The number of anilines is 3. The predicted octanol–water partition coefficient (Wildman–Crippen LogP) is 6.90. The van der Waals surface area contributed by atoms with Crippen LogP contribution in [-0.4, -0.2) is 9.97 Å². The molecule has 2 aliphatic heterocycles. The van der Waals surface area contributed by atoms with Gasteiger partial charge in [-0.3, -0.25) is 9.97 Å². The van der Waals surface area contributed by atoms with Crippen LogP contribution in [0.25, 0.3) is 22.3 Å². The summed E-state index contributed by atoms with van der Waals surface area (Å²) >= 11 is 0. The van der Waals surface area contributed by atoms with E-state index in [1.165, 1.54) is 78.3 Å². The van der Waals surface area contributed by atoms with E-state index in [2.05, 4.69) is 70.5 Å². The summed E-state index contributed by atoms with van der Waals surface area (Å²) in [5.74, 6) is 0. The van der Waals surface area contributed by atoms with Crippen molar-refractivity contribution in [3.05, 3.63) is 124 Å². The first-order valence-corrected chi connectivity index (χ1v) is 12.4. The number of hydrogen-bond acceptors (Lipinski definition) is 3. The molecule has 2 aromatic heterocycles. The molecule has 0 spiro atoms. The van der Waals surface area contributed by atoms with Crippen LogP contribution in [0.5, 0.6) is 0 Å². The van der Waals surface area contributed by atoms with Crippen molar-refractivity contribution in [2.24, 2.45) is 0 Å². The van der Waals surface area contributed by atoms with E-state index in [9.17, 15) is 0 Å². The van der Waals surface area contributed by atoms with Crippen LogP contribution >= 0.6 is 0 Å². The van der Waals surface area contributed by atoms with Crippen LogP contribution in [0.2, 0.25) is 0 Å². The molecule has 0 radical (unpaired) electrons. The molecule has 4 aliphatic rings. The van der Waals surface area contributed by atoms with Crippen LogP contribution in [-0.2, 0) is 25.7 Å². The summed E-state index contributed by atoms with van der Waals surface area (Å²) < 4.78 is 0. The summed E-state index contributed by atoms with van der Waals surface area (Å²) in [5, 5.41) is 0. The summed E-state index contributed by atoms with van der Waals surface area (Å²) in [6.45, 7) is 0. The third-order valence-corrected chi connectivity index (χ3v) is 8.44. The van der Waals surface area contributed by atoms with Gasteiger partial charge in [0.1, 0.15) is 0 Å². The monoisotopic (exact) mass is 447 g/mol. The second-order valence-corrected chi connectivity index (χ2v) is 10.2. The van der Waals surface area contributed by atoms with E-state index in [1.54, 1.807) is 0 Å². The first-order valence-electron chi connectivity index (χ1n) is 12.4. The average Bonchev–Trinajstić information content (AvgIpc) is 3.46. The van der Waals surface area contributed by atoms with Gasteiger partial charge >= 0.3 is 0 Å². The van der Waals surface area contributed by atoms with Crippen molar-refractivity contribution < 1.29 is 0 Å². The lowest BCUT2D eigenvalue weighted by atomic mass is 9.84. The highest BCUT2D eigenvalue weighted by Gasteiger charge is 2.37. The zero-order chi connectivity index (χ0) is 22.7. The Hall–Kier alpha value is -4.24. The third-order valence-electron chi connectivity index (χ3n) is 8.44. The largest absolute Gasteiger partial charge is 0.308 e. The summed E-state index contributed by atoms with van der Waals surface area (Å²) in [5.41, 5.74) is 20.7. The van der Waals surface area contributed by atoms with Gasteiger partial charge in [-0.2, -0.15) is 0 Å². The topological polar surface area (TPSA) is 29.0 Å². The molecule has 3 nitrogen and oxygen atoms in total. The Labute approximate surface area is 203 Å². The highest BCUT2D eigenvalue weighted by Crippen LogP contribution is 2.56. The van der Waals surface area contributed by atoms with E-state index in [0.29, 0.717) is 0 Å². The van der Waals surface area contributed by atoms with Gasteiger partial charge in [0.05, 0.1) is 22.8 Å². The molecule has 0 saturated heterocycles. The Balaban J connectivity index is 1.36. The SMILES string of the molecule is c1ccc2c(c1)Cc1ccc3c(c1-2)-c1c(ccc2c1Cc1ccnc4c1N2c1ccncc1C4)C3. The number of rotatable bonds is 0. The number of hydrogen-bond donors (Lipinski definition) is 0. The average molecular weight is 448 g/mol. The molecule has 9 rings (SSSR count). The summed E-state index contributed by atoms with van der Waals surface area (Å²) in [6.07, 6.45) is 9.76. The van der Waals surface area contributed by atoms with Crippen LogP contribution in [0.3, 0.4) is 0 Å². The van der Waals surface area contributed by atoms with E-state index >= 15 is 0 Å². The zero-order valence-electron chi connectivity index (χ0n) is 19.2. The van der Waals surface area contributed by atoms with Gasteiger partial charge < -0.3 is 4.90 Å². The van der Waals surface area contributed by atoms with E-state index in [1.807, 2.05) is 18.6 Å². The Morgan fingerprint density at radius 3 is 2.37 bits per heavy atom. The van der Waals surface area contributed by atoms with Crippen LogP contribution in [0.4, 0.5) is 17.1 Å². The Morgan fingerprint density at radius 1 is 0.571 bits per heavy atom. The fraction of sp³-hybridized carbons (Fsp3) is 0.125. The Morgan fingerprint density at radius 2 is 1.40 bits per heavy atom. The van der Waals surface area contributed by atoms with Crippen molar-refractivity contribution in [1.29, 1.82) is 0 Å². The van der Waals surface area contributed by atoms with Crippen LogP contribution < -0.4 is 4.90 Å². The molecule has 3 heteroatoms. The second-order valence-electron chi connectivity index (χ2n) is 10.2. The molecular weight excluding hydrogens is 426 g/mol. The lowest BCUT2D eigenvalue weighted by Gasteiger charge is -2.39. The number of benzene rings is 3. The first kappa shape index (κ1) is 18.1. The highest BCUT2D eigenvalue weighted by molar-refractivity contribution is 6.00. The summed E-state index contributed by atoms with van der Waals surface area (Å²) in [7, 11) is 0. The molecule has 0 bridgehead atoms. The molecule has 0 fully saturated rings. The van der Waals surface area contributed by atoms with E-state index < -0.39 is 0 Å². The third kappa shape index (κ3) is 2.21. The Bertz CT molecular complexity index is 1760. The van der Waals surface area contributed by atoms with E-state index in [-0.39, 0.29) is 0 Å². The summed E-state index contributed by atoms with van der Waals surface area (Å²) in [4.78, 5) is 11.7. The van der Waals surface area contributed by atoms with Gasteiger partial charge in [0.15, 0.2) is 0 Å². The standard InChI is InChI=1S/C32H21N3/c1-2-4-24-18(3-1)13-19-5-6-21-14-20-7-8-28-25(30(20)31(21)29(19)24)15-22-9-12-34-26-16-23-17-33-11-10-27(23)35(28)32(22)26/h1-12,17H,13-16H2. The van der Waals surface area contributed by atoms with E-state index in [0.717, 1.165) is 31.4 Å². The quantitative estimate of drug-likeness (QED) is 0.253. The van der Waals surface area contributed by atoms with Crippen LogP contribution in [0.15, 0.2) is 79.3 Å². The van der Waals surface area contributed by atoms with Crippen molar-refractivity contribution in [2.45, 2.75) is 25.7 Å². The summed E-state index contributed by atoms with van der Waals surface area (Å²) in [6, 6.07) is 22.8. The van der Waals surface area contributed by atoms with Gasteiger partial charge in [-0.25, -0.2) is 0 Å². The second kappa shape index (κ2) is 6.25. The maximum Gasteiger partial charge on any atom is 0.0716 e. The molecular formula is C32H21N3. The molecule has 4 heterocycles. The lowest BCUT2D eigenvalue weighted by Crippen LogP contribution is -2.26. The van der Waals surface area contributed by atoms with Gasteiger partial charge in [0.25, 0.3) is 0 Å². The molecule has 0 unspecified atom stereocenters. The molecule has 0 N–H and O–H groups in total. The van der Waals surface area contributed by atoms with Gasteiger partial charge in [-0.15, -0.1) is 0 Å². The molecule has 2 aliphatic carbocycles. The molecule has 0 amide bonds. The molecule has 3 aromatic carbocycles. The zero-order valence-corrected chi connectivity index (χ0v) is 19.2. The number of aromatic nitrogens is 2. The van der Waals surface area contributed by atoms with Gasteiger partial charge in [-0.1, -0.05) is 42.5 Å². The molecule has 5 aromatic rings. The maximum absolute atomic E-state index is 4.80. The predicted molar refractivity (Wildman–Crippen MR) is 139 cm³/mol. The normalized spacial score (nSPS) is 14.9. The van der Waals surface area contributed by atoms with Gasteiger partial charge in [0.2, 0.25) is 0 Å². The van der Waals surface area contributed by atoms with Crippen molar-refractivity contribution in [1.82, 2.24) is 9.97 Å². The smallest absolute Gasteiger partial charge is 0.0716 e. The van der Waals surface area contributed by atoms with Gasteiger partial charge in [0, 0.05) is 37.0 Å². The van der Waals surface area contributed by atoms with Gasteiger partial charge in [-0.05, 0) is 86.7 Å². The number of nitrogens with zero attached hydrogens (tertiary/aromatic N) is 3. The number of fused-ring (bicyclic) bond motifs is 12. The Kier molecular flexibility index (Phi) is 3.24. The fourth-order valence-electron chi connectivity index (χ4n) is 7.04. The van der Waals surface area contributed by atoms with Crippen molar-refractivity contribution >= 4 is 17.1 Å². The molecule has 0 saturated carbocycles. The van der Waals surface area contributed by atoms with Crippen molar-refractivity contribution in [2.75, 3.05) is 4.90 Å². The van der Waals surface area contributed by atoms with Crippen LogP contribution in [0.1, 0.15) is 44.6 Å². The molecule has 164 valence electrons. The van der Waals surface area contributed by atoms with Crippen LogP contribution in [0, 0.1) is 0 Å². The number of pyridine rings is 2. The van der Waals surface area contributed by atoms with E-state index in [4.69, 9.17) is 4.98 Å². The maximum atomic E-state index is 4.80. The molecule has 35 heavy (non-hydrogen) atoms. The molecule has 0 atom stereocenters. The fourth-order valence-corrected chi connectivity index (χ4v) is 7.04. The minimum atomic E-state index is 0.843. The van der Waals surface area contributed by atoms with Crippen molar-refractivity contribution in [3.63, 3.8) is 0 Å². The minimum absolute atomic E-state index is 0.843.